The van der Waals surface area contributed by atoms with Crippen LogP contribution in [0.1, 0.15) is 27.2 Å². The third-order valence-electron chi connectivity index (χ3n) is 2.62. The van der Waals surface area contributed by atoms with Crippen LogP contribution in [0.2, 0.25) is 0 Å². The van der Waals surface area contributed by atoms with Gasteiger partial charge >= 0.3 is 18.2 Å². The quantitative estimate of drug-likeness (QED) is 0.529. The van der Waals surface area contributed by atoms with Crippen molar-refractivity contribution in [3.05, 3.63) is 0 Å². The van der Waals surface area contributed by atoms with Crippen molar-refractivity contribution in [1.82, 2.24) is 10.6 Å². The highest BCUT2D eigenvalue weighted by molar-refractivity contribution is 5.83. The fraction of sp³-hybridized carbons (Fsp3) is 0.750. The van der Waals surface area contributed by atoms with Crippen LogP contribution in [-0.4, -0.2) is 58.8 Å². The number of carboxylic acid groups (broad SMARTS) is 1. The number of rotatable bonds is 4. The highest BCUT2D eigenvalue weighted by atomic mass is 16.6. The first-order valence-electron chi connectivity index (χ1n) is 6.45. The van der Waals surface area contributed by atoms with E-state index in [1.54, 1.807) is 20.8 Å². The van der Waals surface area contributed by atoms with Crippen LogP contribution in [0, 0.1) is 0 Å². The second kappa shape index (κ2) is 6.61. The van der Waals surface area contributed by atoms with E-state index in [1.165, 1.54) is 0 Å². The average molecular weight is 304 g/mol. The summed E-state index contributed by atoms with van der Waals surface area (Å²) in [6, 6.07) is -1.31. The average Bonchev–Trinajstić information content (AvgIpc) is 2.54. The lowest BCUT2D eigenvalue weighted by Crippen LogP contribution is -2.46. The second-order valence-corrected chi connectivity index (χ2v) is 5.61. The van der Waals surface area contributed by atoms with Gasteiger partial charge in [0.25, 0.3) is 0 Å². The topological polar surface area (TPSA) is 134 Å². The van der Waals surface area contributed by atoms with Gasteiger partial charge in [-0.25, -0.2) is 14.4 Å². The number of nitrogens with one attached hydrogen (secondary N) is 2. The second-order valence-electron chi connectivity index (χ2n) is 5.61. The minimum absolute atomic E-state index is 0.115. The highest BCUT2D eigenvalue weighted by Gasteiger charge is 2.44. The molecule has 1 saturated heterocycles. The predicted molar refractivity (Wildman–Crippen MR) is 69.7 cm³/mol. The number of hydrogen-bond donors (Lipinski definition) is 4. The summed E-state index contributed by atoms with van der Waals surface area (Å²) in [6.07, 6.45) is -4.09. The summed E-state index contributed by atoms with van der Waals surface area (Å²) in [4.78, 5) is 33.3. The lowest BCUT2D eigenvalue weighted by molar-refractivity contribution is -0.143. The van der Waals surface area contributed by atoms with Gasteiger partial charge in [0.1, 0.15) is 17.8 Å². The molecule has 3 atom stereocenters. The van der Waals surface area contributed by atoms with E-state index in [9.17, 15) is 19.5 Å². The Bertz CT molecular complexity index is 418. The van der Waals surface area contributed by atoms with Gasteiger partial charge in [0.05, 0.1) is 0 Å². The van der Waals surface area contributed by atoms with Crippen LogP contribution in [-0.2, 0) is 14.3 Å². The van der Waals surface area contributed by atoms with Crippen molar-refractivity contribution >= 4 is 18.2 Å². The Morgan fingerprint density at radius 1 is 1.38 bits per heavy atom. The summed E-state index contributed by atoms with van der Waals surface area (Å²) < 4.78 is 9.88. The van der Waals surface area contributed by atoms with Crippen LogP contribution < -0.4 is 10.6 Å². The first-order chi connectivity index (χ1) is 9.60. The van der Waals surface area contributed by atoms with Crippen molar-refractivity contribution in [2.45, 2.75) is 51.0 Å². The molecule has 1 fully saturated rings. The van der Waals surface area contributed by atoms with E-state index in [0.717, 1.165) is 0 Å². The molecule has 0 aliphatic carbocycles. The first kappa shape index (κ1) is 17.0. The van der Waals surface area contributed by atoms with E-state index >= 15 is 0 Å². The smallest absolute Gasteiger partial charge is 0.407 e. The Labute approximate surface area is 121 Å². The van der Waals surface area contributed by atoms with Gasteiger partial charge in [-0.3, -0.25) is 0 Å². The minimum Gasteiger partial charge on any atom is -0.465 e. The summed E-state index contributed by atoms with van der Waals surface area (Å²) >= 11 is 0. The van der Waals surface area contributed by atoms with Gasteiger partial charge in [0.15, 0.2) is 6.04 Å². The molecule has 0 unspecified atom stereocenters. The largest absolute Gasteiger partial charge is 0.465 e. The maximum Gasteiger partial charge on any atom is 0.407 e. The molecule has 1 aliphatic rings. The van der Waals surface area contributed by atoms with E-state index in [2.05, 4.69) is 5.32 Å². The fourth-order valence-electron chi connectivity index (χ4n) is 1.78. The minimum atomic E-state index is -1.43. The number of esters is 1. The number of aliphatic hydroxyl groups excluding tert-OH is 1. The maximum atomic E-state index is 11.4. The Hall–Kier alpha value is -2.03. The number of ether oxygens (including phenoxy) is 2. The highest BCUT2D eigenvalue weighted by Crippen LogP contribution is 2.18. The molecule has 0 aromatic rings. The summed E-state index contributed by atoms with van der Waals surface area (Å²) in [7, 11) is 0. The number of amides is 2. The molecule has 1 aliphatic heterocycles. The number of carbonyl (C=O) groups is 3. The Balaban J connectivity index is 2.38. The number of carbonyl (C=O) groups excluding carboxylic acids is 2. The molecule has 120 valence electrons. The zero-order valence-corrected chi connectivity index (χ0v) is 12.1. The van der Waals surface area contributed by atoms with Gasteiger partial charge in [0, 0.05) is 13.0 Å². The summed E-state index contributed by atoms with van der Waals surface area (Å²) in [6.45, 7) is 5.27. The van der Waals surface area contributed by atoms with Gasteiger partial charge in [0.2, 0.25) is 0 Å². The van der Waals surface area contributed by atoms with E-state index in [4.69, 9.17) is 14.6 Å². The zero-order valence-electron chi connectivity index (χ0n) is 12.1. The van der Waals surface area contributed by atoms with Crippen LogP contribution in [0.25, 0.3) is 0 Å². The van der Waals surface area contributed by atoms with Crippen LogP contribution in [0.4, 0.5) is 9.59 Å². The molecule has 1 rings (SSSR count). The third-order valence-corrected chi connectivity index (χ3v) is 2.62. The van der Waals surface area contributed by atoms with Gasteiger partial charge in [-0.05, 0) is 20.8 Å². The number of cyclic esters (lactones) is 1. The molecule has 21 heavy (non-hydrogen) atoms. The predicted octanol–water partition coefficient (Wildman–Crippen LogP) is -0.176. The molecular weight excluding hydrogens is 284 g/mol. The van der Waals surface area contributed by atoms with Gasteiger partial charge in [-0.1, -0.05) is 0 Å². The maximum absolute atomic E-state index is 11.4. The van der Waals surface area contributed by atoms with Crippen LogP contribution in [0.15, 0.2) is 0 Å². The molecule has 1 heterocycles. The van der Waals surface area contributed by atoms with Crippen molar-refractivity contribution in [2.24, 2.45) is 0 Å². The lowest BCUT2D eigenvalue weighted by atomic mass is 10.1. The van der Waals surface area contributed by atoms with Gasteiger partial charge in [-0.2, -0.15) is 0 Å². The summed E-state index contributed by atoms with van der Waals surface area (Å²) in [5.74, 6) is -0.841. The first-order valence-corrected chi connectivity index (χ1v) is 6.45. The van der Waals surface area contributed by atoms with Crippen molar-refractivity contribution < 1.29 is 34.1 Å². The molecule has 0 bridgehead atoms. The molecule has 2 amide bonds. The molecule has 0 spiro atoms. The monoisotopic (exact) mass is 304 g/mol. The zero-order chi connectivity index (χ0) is 16.2. The molecule has 0 aromatic carbocycles. The van der Waals surface area contributed by atoms with E-state index in [1.807, 2.05) is 5.32 Å². The number of aliphatic hydroxyl groups is 1. The standard InChI is InChI=1S/C12H20N2O7/c1-12(2,3)21-11(19)13-5-4-6-8(15)7(9(16)20-6)14-10(17)18/h6-8,14-15H,4-5H2,1-3H3,(H,13,19)(H,17,18)/t6-,7+,8+/m1/s1. The molecule has 9 heteroatoms. The molecule has 4 N–H and O–H groups in total. The summed E-state index contributed by atoms with van der Waals surface area (Å²) in [5.41, 5.74) is -0.625. The Morgan fingerprint density at radius 2 is 2.00 bits per heavy atom. The van der Waals surface area contributed by atoms with Crippen molar-refractivity contribution in [3.8, 4) is 0 Å². The fourth-order valence-corrected chi connectivity index (χ4v) is 1.78. The molecule has 0 saturated carbocycles. The molecule has 0 radical (unpaired) electrons. The molecular formula is C12H20N2O7. The van der Waals surface area contributed by atoms with Gasteiger partial charge < -0.3 is 30.3 Å². The number of alkyl carbamates (subject to hydrolysis) is 1. The molecule has 0 aromatic heterocycles. The van der Waals surface area contributed by atoms with Crippen LogP contribution in [0.5, 0.6) is 0 Å². The normalized spacial score (nSPS) is 25.1. The Kier molecular flexibility index (Phi) is 5.36. The van der Waals surface area contributed by atoms with E-state index < -0.39 is 42.0 Å². The molecule has 9 nitrogen and oxygen atoms in total. The van der Waals surface area contributed by atoms with Crippen molar-refractivity contribution in [3.63, 3.8) is 0 Å². The van der Waals surface area contributed by atoms with Crippen LogP contribution in [0.3, 0.4) is 0 Å². The lowest BCUT2D eigenvalue weighted by Gasteiger charge is -2.20. The third kappa shape index (κ3) is 5.46. The number of hydrogen-bond acceptors (Lipinski definition) is 6. The summed E-state index contributed by atoms with van der Waals surface area (Å²) in [5, 5.41) is 22.7. The van der Waals surface area contributed by atoms with Crippen molar-refractivity contribution in [2.75, 3.05) is 6.54 Å². The van der Waals surface area contributed by atoms with Gasteiger partial charge in [-0.15, -0.1) is 0 Å². The van der Waals surface area contributed by atoms with Crippen molar-refractivity contribution in [1.29, 1.82) is 0 Å². The SMILES string of the molecule is CC(C)(C)OC(=O)NCC[C@H]1OC(=O)[C@@H](NC(=O)O)[C@H]1O. The Morgan fingerprint density at radius 3 is 2.52 bits per heavy atom. The van der Waals surface area contributed by atoms with E-state index in [-0.39, 0.29) is 13.0 Å². The van der Waals surface area contributed by atoms with Crippen LogP contribution >= 0.6 is 0 Å². The van der Waals surface area contributed by atoms with E-state index in [0.29, 0.717) is 0 Å².